The van der Waals surface area contributed by atoms with Crippen molar-refractivity contribution >= 4 is 11.6 Å². The summed E-state index contributed by atoms with van der Waals surface area (Å²) >= 11 is 0. The zero-order valence-electron chi connectivity index (χ0n) is 20.3. The van der Waals surface area contributed by atoms with Crippen LogP contribution in [-0.4, -0.2) is 22.3 Å². The molecule has 1 unspecified atom stereocenters. The van der Waals surface area contributed by atoms with Crippen LogP contribution in [0.1, 0.15) is 58.7 Å². The zero-order valence-corrected chi connectivity index (χ0v) is 20.3. The van der Waals surface area contributed by atoms with Gasteiger partial charge in [-0.1, -0.05) is 67.9 Å². The second kappa shape index (κ2) is 11.6. The summed E-state index contributed by atoms with van der Waals surface area (Å²) in [7, 11) is 0. The number of benzene rings is 3. The summed E-state index contributed by atoms with van der Waals surface area (Å²) in [6, 6.07) is 27.5. The molecule has 0 aliphatic rings. The number of nitrogens with zero attached hydrogens (tertiary/aromatic N) is 2. The van der Waals surface area contributed by atoms with E-state index in [-0.39, 0.29) is 12.0 Å². The lowest BCUT2D eigenvalue weighted by Gasteiger charge is -2.20. The normalized spacial score (nSPS) is 11.9. The molecule has 1 atom stereocenters. The maximum absolute atomic E-state index is 13.3. The first-order valence-electron chi connectivity index (χ1n) is 12.0. The molecule has 0 fully saturated rings. The van der Waals surface area contributed by atoms with Crippen LogP contribution in [0.15, 0.2) is 84.9 Å². The van der Waals surface area contributed by atoms with E-state index in [0.717, 1.165) is 40.9 Å². The molecule has 4 rings (SSSR count). The minimum Gasteiger partial charge on any atom is -0.369 e. The maximum atomic E-state index is 13.3. The third-order valence-electron chi connectivity index (χ3n) is 5.79. The summed E-state index contributed by atoms with van der Waals surface area (Å²) in [6.45, 7) is 5.12. The van der Waals surface area contributed by atoms with E-state index < -0.39 is 0 Å². The van der Waals surface area contributed by atoms with Crippen molar-refractivity contribution in [2.45, 2.75) is 39.3 Å². The van der Waals surface area contributed by atoms with Crippen molar-refractivity contribution in [1.29, 1.82) is 0 Å². The number of anilines is 1. The van der Waals surface area contributed by atoms with Crippen molar-refractivity contribution < 1.29 is 9.53 Å². The van der Waals surface area contributed by atoms with Gasteiger partial charge in [0.05, 0.1) is 11.4 Å². The van der Waals surface area contributed by atoms with E-state index >= 15 is 0 Å². The SMILES string of the molecule is CCCCOC(c1ccccc1)c1cccc(NC(=O)c2cc(C)nn2-c2cccc(CN)c2)c1. The van der Waals surface area contributed by atoms with Crippen molar-refractivity contribution in [3.8, 4) is 5.69 Å². The van der Waals surface area contributed by atoms with Crippen LogP contribution in [0.5, 0.6) is 0 Å². The zero-order chi connectivity index (χ0) is 24.6. The van der Waals surface area contributed by atoms with Crippen LogP contribution < -0.4 is 11.1 Å². The first-order chi connectivity index (χ1) is 17.1. The molecule has 180 valence electrons. The van der Waals surface area contributed by atoms with E-state index in [1.165, 1.54) is 0 Å². The summed E-state index contributed by atoms with van der Waals surface area (Å²) in [4.78, 5) is 13.3. The number of nitrogens with two attached hydrogens (primary N) is 1. The van der Waals surface area contributed by atoms with Gasteiger partial charge in [-0.2, -0.15) is 5.10 Å². The number of rotatable bonds is 10. The maximum Gasteiger partial charge on any atom is 0.274 e. The van der Waals surface area contributed by atoms with Gasteiger partial charge in [0, 0.05) is 18.8 Å². The quantitative estimate of drug-likeness (QED) is 0.288. The van der Waals surface area contributed by atoms with Crippen molar-refractivity contribution in [1.82, 2.24) is 9.78 Å². The van der Waals surface area contributed by atoms with Gasteiger partial charge in [0.15, 0.2) is 0 Å². The average molecular weight is 469 g/mol. The minimum absolute atomic E-state index is 0.202. The number of unbranched alkanes of at least 4 members (excludes halogenated alkanes) is 1. The van der Waals surface area contributed by atoms with Crippen molar-refractivity contribution in [2.75, 3.05) is 11.9 Å². The number of nitrogens with one attached hydrogen (secondary N) is 1. The van der Waals surface area contributed by atoms with Gasteiger partial charge >= 0.3 is 0 Å². The molecule has 6 heteroatoms. The lowest BCUT2D eigenvalue weighted by molar-refractivity contribution is 0.0778. The highest BCUT2D eigenvalue weighted by Crippen LogP contribution is 2.28. The molecule has 6 nitrogen and oxygen atoms in total. The minimum atomic E-state index is -0.232. The molecule has 3 aromatic carbocycles. The molecule has 0 saturated heterocycles. The van der Waals surface area contributed by atoms with Gasteiger partial charge in [0.25, 0.3) is 5.91 Å². The number of amides is 1. The van der Waals surface area contributed by atoms with E-state index in [1.54, 1.807) is 10.7 Å². The summed E-state index contributed by atoms with van der Waals surface area (Å²) in [5.41, 5.74) is 11.6. The molecule has 0 spiro atoms. The third kappa shape index (κ3) is 6.04. The number of hydrogen-bond acceptors (Lipinski definition) is 4. The Morgan fingerprint density at radius 1 is 1.00 bits per heavy atom. The molecule has 35 heavy (non-hydrogen) atoms. The lowest BCUT2D eigenvalue weighted by Crippen LogP contribution is -2.17. The Labute approximate surface area is 206 Å². The molecule has 4 aromatic rings. The largest absolute Gasteiger partial charge is 0.369 e. The molecule has 3 N–H and O–H groups in total. The Hall–Kier alpha value is -3.74. The van der Waals surface area contributed by atoms with E-state index in [2.05, 4.69) is 29.5 Å². The molecular formula is C29H32N4O2. The Kier molecular flexibility index (Phi) is 8.08. The third-order valence-corrected chi connectivity index (χ3v) is 5.79. The predicted molar refractivity (Wildman–Crippen MR) is 140 cm³/mol. The fourth-order valence-corrected chi connectivity index (χ4v) is 4.01. The highest BCUT2D eigenvalue weighted by atomic mass is 16.5. The number of aromatic nitrogens is 2. The smallest absolute Gasteiger partial charge is 0.274 e. The first-order valence-corrected chi connectivity index (χ1v) is 12.0. The molecule has 1 heterocycles. The fraction of sp³-hybridized carbons (Fsp3) is 0.241. The van der Waals surface area contributed by atoms with Crippen LogP contribution >= 0.6 is 0 Å². The lowest BCUT2D eigenvalue weighted by atomic mass is 10.0. The number of hydrogen-bond donors (Lipinski definition) is 2. The standard InChI is InChI=1S/C29H32N4O2/c1-3-4-16-35-28(23-11-6-5-7-12-23)24-13-9-14-25(19-24)31-29(34)27-17-21(2)32-33(27)26-15-8-10-22(18-26)20-30/h5-15,17-19,28H,3-4,16,20,30H2,1-2H3,(H,31,34). The van der Waals surface area contributed by atoms with Gasteiger partial charge in [-0.25, -0.2) is 4.68 Å². The monoisotopic (exact) mass is 468 g/mol. The van der Waals surface area contributed by atoms with Gasteiger partial charge < -0.3 is 15.8 Å². The van der Waals surface area contributed by atoms with Crippen LogP contribution in [-0.2, 0) is 11.3 Å². The second-order valence-corrected chi connectivity index (χ2v) is 8.55. The molecule has 0 aliphatic heterocycles. The Balaban J connectivity index is 1.59. The van der Waals surface area contributed by atoms with Crippen molar-refractivity contribution in [2.24, 2.45) is 5.73 Å². The van der Waals surface area contributed by atoms with Gasteiger partial charge in [0.2, 0.25) is 0 Å². The van der Waals surface area contributed by atoms with Crippen LogP contribution in [0.25, 0.3) is 5.69 Å². The number of carbonyl (C=O) groups is 1. The van der Waals surface area contributed by atoms with E-state index in [9.17, 15) is 4.79 Å². The van der Waals surface area contributed by atoms with Crippen LogP contribution in [0, 0.1) is 6.92 Å². The van der Waals surface area contributed by atoms with E-state index in [4.69, 9.17) is 10.5 Å². The summed E-state index contributed by atoms with van der Waals surface area (Å²) in [5.74, 6) is -0.232. The Morgan fingerprint density at radius 2 is 1.77 bits per heavy atom. The molecule has 0 aliphatic carbocycles. The number of aryl methyl sites for hydroxylation is 1. The molecule has 0 radical (unpaired) electrons. The number of ether oxygens (including phenoxy) is 1. The van der Waals surface area contributed by atoms with E-state index in [1.807, 2.05) is 73.7 Å². The fourth-order valence-electron chi connectivity index (χ4n) is 4.01. The Morgan fingerprint density at radius 3 is 2.54 bits per heavy atom. The second-order valence-electron chi connectivity index (χ2n) is 8.55. The van der Waals surface area contributed by atoms with Crippen LogP contribution in [0.4, 0.5) is 5.69 Å². The predicted octanol–water partition coefficient (Wildman–Crippen LogP) is 5.80. The Bertz CT molecular complexity index is 1270. The van der Waals surface area contributed by atoms with Crippen molar-refractivity contribution in [3.63, 3.8) is 0 Å². The van der Waals surface area contributed by atoms with Gasteiger partial charge in [0.1, 0.15) is 11.8 Å². The van der Waals surface area contributed by atoms with Crippen molar-refractivity contribution in [3.05, 3.63) is 113 Å². The summed E-state index contributed by atoms with van der Waals surface area (Å²) in [5, 5.41) is 7.59. The van der Waals surface area contributed by atoms with Crippen LogP contribution in [0.2, 0.25) is 0 Å². The highest BCUT2D eigenvalue weighted by Gasteiger charge is 2.18. The first kappa shape index (κ1) is 24.4. The highest BCUT2D eigenvalue weighted by molar-refractivity contribution is 6.03. The van der Waals surface area contributed by atoms with Gasteiger partial charge in [-0.15, -0.1) is 0 Å². The van der Waals surface area contributed by atoms with E-state index in [0.29, 0.717) is 24.5 Å². The van der Waals surface area contributed by atoms with Gasteiger partial charge in [-0.3, -0.25) is 4.79 Å². The molecule has 1 amide bonds. The van der Waals surface area contributed by atoms with Gasteiger partial charge in [-0.05, 0) is 60.4 Å². The topological polar surface area (TPSA) is 82.2 Å². The van der Waals surface area contributed by atoms with Crippen LogP contribution in [0.3, 0.4) is 0 Å². The summed E-state index contributed by atoms with van der Waals surface area (Å²) in [6.07, 6.45) is 1.86. The number of carbonyl (C=O) groups excluding carboxylic acids is 1. The molecule has 1 aromatic heterocycles. The molecule has 0 saturated carbocycles. The molecule has 0 bridgehead atoms. The molecular weight excluding hydrogens is 436 g/mol. The summed E-state index contributed by atoms with van der Waals surface area (Å²) < 4.78 is 7.93. The average Bonchev–Trinajstić information content (AvgIpc) is 3.29.